The van der Waals surface area contributed by atoms with Crippen LogP contribution in [0.3, 0.4) is 0 Å². The first-order chi connectivity index (χ1) is 10.0. The van der Waals surface area contributed by atoms with E-state index in [2.05, 4.69) is 0 Å². The Morgan fingerprint density at radius 3 is 2.05 bits per heavy atom. The minimum absolute atomic E-state index is 0.182. The zero-order chi connectivity index (χ0) is 15.1. The molecule has 2 amide bonds. The van der Waals surface area contributed by atoms with Gasteiger partial charge in [-0.25, -0.2) is 13.7 Å². The highest BCUT2D eigenvalue weighted by molar-refractivity contribution is 6.34. The first kappa shape index (κ1) is 12.9. The van der Waals surface area contributed by atoms with Crippen LogP contribution >= 0.6 is 0 Å². The fourth-order valence-electron chi connectivity index (χ4n) is 2.18. The van der Waals surface area contributed by atoms with Crippen LogP contribution in [-0.4, -0.2) is 11.8 Å². The molecule has 0 spiro atoms. The number of hydrogen-bond acceptors (Lipinski definition) is 3. The van der Waals surface area contributed by atoms with Gasteiger partial charge in [0, 0.05) is 0 Å². The molecule has 0 saturated heterocycles. The van der Waals surface area contributed by atoms with Crippen molar-refractivity contribution in [1.29, 1.82) is 5.26 Å². The summed E-state index contributed by atoms with van der Waals surface area (Å²) in [5, 5.41) is 8.85. The molecule has 0 bridgehead atoms. The van der Waals surface area contributed by atoms with Crippen molar-refractivity contribution >= 4 is 17.5 Å². The van der Waals surface area contributed by atoms with Gasteiger partial charge in [0.2, 0.25) is 0 Å². The van der Waals surface area contributed by atoms with Crippen LogP contribution in [0.5, 0.6) is 0 Å². The van der Waals surface area contributed by atoms with Gasteiger partial charge < -0.3 is 0 Å². The number of carbonyl (C=O) groups excluding carboxylic acids is 2. The van der Waals surface area contributed by atoms with E-state index in [-0.39, 0.29) is 22.4 Å². The number of hydrogen-bond donors (Lipinski definition) is 0. The monoisotopic (exact) mass is 284 g/mol. The molecule has 0 atom stereocenters. The van der Waals surface area contributed by atoms with Crippen molar-refractivity contribution in [3.05, 3.63) is 64.7 Å². The molecule has 1 aliphatic rings. The number of carbonyl (C=O) groups is 2. The standard InChI is InChI=1S/C15H6F2N2O2/c16-12-5-10-11(6-13(12)17)15(21)19(14(10)20)9-3-1-2-8(4-9)7-18/h1-6H. The molecule has 1 heterocycles. The molecule has 0 radical (unpaired) electrons. The zero-order valence-electron chi connectivity index (χ0n) is 10.4. The Bertz CT molecular complexity index is 799. The van der Waals surface area contributed by atoms with Crippen LogP contribution in [0.2, 0.25) is 0 Å². The Morgan fingerprint density at radius 1 is 0.952 bits per heavy atom. The van der Waals surface area contributed by atoms with Crippen molar-refractivity contribution in [1.82, 2.24) is 0 Å². The summed E-state index contributed by atoms with van der Waals surface area (Å²) in [6.07, 6.45) is 0. The smallest absolute Gasteiger partial charge is 0.266 e. The van der Waals surface area contributed by atoms with E-state index in [0.717, 1.165) is 4.90 Å². The van der Waals surface area contributed by atoms with Gasteiger partial charge in [-0.05, 0) is 30.3 Å². The van der Waals surface area contributed by atoms with E-state index in [1.54, 1.807) is 0 Å². The fraction of sp³-hybridized carbons (Fsp3) is 0. The van der Waals surface area contributed by atoms with Crippen molar-refractivity contribution in [3.63, 3.8) is 0 Å². The average Bonchev–Trinajstić information content (AvgIpc) is 2.71. The second-order valence-corrected chi connectivity index (χ2v) is 4.42. The maximum atomic E-state index is 13.2. The van der Waals surface area contributed by atoms with Crippen LogP contribution in [0.15, 0.2) is 36.4 Å². The van der Waals surface area contributed by atoms with Gasteiger partial charge in [-0.3, -0.25) is 9.59 Å². The Morgan fingerprint density at radius 2 is 1.52 bits per heavy atom. The van der Waals surface area contributed by atoms with Crippen LogP contribution in [0.4, 0.5) is 14.5 Å². The van der Waals surface area contributed by atoms with Crippen LogP contribution in [0, 0.1) is 23.0 Å². The molecule has 2 aromatic carbocycles. The van der Waals surface area contributed by atoms with Gasteiger partial charge in [-0.1, -0.05) is 6.07 Å². The van der Waals surface area contributed by atoms with Crippen molar-refractivity contribution in [2.24, 2.45) is 0 Å². The molecule has 0 fully saturated rings. The van der Waals surface area contributed by atoms with Crippen LogP contribution in [-0.2, 0) is 0 Å². The summed E-state index contributed by atoms with van der Waals surface area (Å²) < 4.78 is 26.4. The number of benzene rings is 2. The van der Waals surface area contributed by atoms with E-state index >= 15 is 0 Å². The maximum Gasteiger partial charge on any atom is 0.266 e. The van der Waals surface area contributed by atoms with Gasteiger partial charge in [0.15, 0.2) is 11.6 Å². The Kier molecular flexibility index (Phi) is 2.77. The highest BCUT2D eigenvalue weighted by atomic mass is 19.2. The van der Waals surface area contributed by atoms with Crippen LogP contribution in [0.25, 0.3) is 0 Å². The predicted octanol–water partition coefficient (Wildman–Crippen LogP) is 2.64. The number of nitriles is 1. The number of rotatable bonds is 1. The molecule has 0 aliphatic carbocycles. The molecule has 21 heavy (non-hydrogen) atoms. The summed E-state index contributed by atoms with van der Waals surface area (Å²) in [5.74, 6) is -3.88. The summed E-state index contributed by atoms with van der Waals surface area (Å²) in [5.41, 5.74) is 0.0602. The molecular weight excluding hydrogens is 278 g/mol. The lowest BCUT2D eigenvalue weighted by Gasteiger charge is -2.13. The normalized spacial score (nSPS) is 13.3. The quantitative estimate of drug-likeness (QED) is 0.756. The predicted molar refractivity (Wildman–Crippen MR) is 68.7 cm³/mol. The summed E-state index contributed by atoms with van der Waals surface area (Å²) in [4.78, 5) is 25.2. The van der Waals surface area contributed by atoms with Gasteiger partial charge in [0.25, 0.3) is 11.8 Å². The Hall–Kier alpha value is -3.07. The topological polar surface area (TPSA) is 61.2 Å². The second-order valence-electron chi connectivity index (χ2n) is 4.42. The van der Waals surface area contributed by atoms with Crippen molar-refractivity contribution in [3.8, 4) is 6.07 Å². The Labute approximate surface area is 117 Å². The zero-order valence-corrected chi connectivity index (χ0v) is 10.4. The minimum atomic E-state index is -1.19. The summed E-state index contributed by atoms with van der Waals surface area (Å²) >= 11 is 0. The highest BCUT2D eigenvalue weighted by Crippen LogP contribution is 2.30. The van der Waals surface area contributed by atoms with E-state index in [4.69, 9.17) is 5.26 Å². The number of fused-ring (bicyclic) bond motifs is 1. The molecule has 3 rings (SSSR count). The third-order valence-corrected chi connectivity index (χ3v) is 3.16. The second kappa shape index (κ2) is 4.49. The van der Waals surface area contributed by atoms with E-state index in [9.17, 15) is 18.4 Å². The van der Waals surface area contributed by atoms with E-state index < -0.39 is 23.4 Å². The first-order valence-corrected chi connectivity index (χ1v) is 5.91. The lowest BCUT2D eigenvalue weighted by Crippen LogP contribution is -2.29. The molecule has 0 N–H and O–H groups in total. The maximum absolute atomic E-state index is 13.2. The molecule has 0 aromatic heterocycles. The first-order valence-electron chi connectivity index (χ1n) is 5.91. The number of imide groups is 1. The van der Waals surface area contributed by atoms with Crippen molar-refractivity contribution in [2.75, 3.05) is 4.90 Å². The lowest BCUT2D eigenvalue weighted by molar-refractivity contribution is 0.0926. The van der Waals surface area contributed by atoms with Crippen LogP contribution in [0.1, 0.15) is 26.3 Å². The van der Waals surface area contributed by atoms with Crippen LogP contribution < -0.4 is 4.90 Å². The number of nitrogens with zero attached hydrogens (tertiary/aromatic N) is 2. The summed E-state index contributed by atoms with van der Waals surface area (Å²) in [6, 6.07) is 9.16. The van der Waals surface area contributed by atoms with Gasteiger partial charge in [-0.15, -0.1) is 0 Å². The minimum Gasteiger partial charge on any atom is -0.268 e. The number of halogens is 2. The molecule has 102 valence electrons. The molecule has 2 aromatic rings. The average molecular weight is 284 g/mol. The number of amides is 2. The SMILES string of the molecule is N#Cc1cccc(N2C(=O)c3cc(F)c(F)cc3C2=O)c1. The van der Waals surface area contributed by atoms with E-state index in [1.807, 2.05) is 6.07 Å². The Balaban J connectivity index is 2.14. The third kappa shape index (κ3) is 1.87. The largest absolute Gasteiger partial charge is 0.268 e. The summed E-state index contributed by atoms with van der Waals surface area (Å²) in [7, 11) is 0. The molecule has 0 unspecified atom stereocenters. The highest BCUT2D eigenvalue weighted by Gasteiger charge is 2.37. The lowest BCUT2D eigenvalue weighted by atomic mass is 10.1. The molecule has 1 aliphatic heterocycles. The fourth-order valence-corrected chi connectivity index (χ4v) is 2.18. The van der Waals surface area contributed by atoms with Crippen molar-refractivity contribution < 1.29 is 18.4 Å². The number of anilines is 1. The van der Waals surface area contributed by atoms with E-state index in [1.165, 1.54) is 24.3 Å². The summed E-state index contributed by atoms with van der Waals surface area (Å²) in [6.45, 7) is 0. The van der Waals surface area contributed by atoms with Gasteiger partial charge in [0.05, 0.1) is 28.4 Å². The van der Waals surface area contributed by atoms with Gasteiger partial charge in [0.1, 0.15) is 0 Å². The third-order valence-electron chi connectivity index (χ3n) is 3.16. The molecule has 4 nitrogen and oxygen atoms in total. The van der Waals surface area contributed by atoms with Crippen molar-refractivity contribution in [2.45, 2.75) is 0 Å². The molecular formula is C15H6F2N2O2. The van der Waals surface area contributed by atoms with E-state index in [0.29, 0.717) is 12.1 Å². The van der Waals surface area contributed by atoms with Gasteiger partial charge in [-0.2, -0.15) is 5.26 Å². The molecule has 0 saturated carbocycles. The van der Waals surface area contributed by atoms with Gasteiger partial charge >= 0.3 is 0 Å². The molecule has 6 heteroatoms.